The van der Waals surface area contributed by atoms with Crippen molar-refractivity contribution in [1.82, 2.24) is 5.32 Å². The quantitative estimate of drug-likeness (QED) is 0.304. The monoisotopic (exact) mass is 418 g/mol. The molecule has 8 heteroatoms. The summed E-state index contributed by atoms with van der Waals surface area (Å²) in [4.78, 5) is 10.7. The number of amides is 1. The van der Waals surface area contributed by atoms with Gasteiger partial charge in [0.05, 0.1) is 6.61 Å². The van der Waals surface area contributed by atoms with E-state index in [1.54, 1.807) is 0 Å². The molecule has 1 unspecified atom stereocenters. The van der Waals surface area contributed by atoms with E-state index in [1.165, 1.54) is 6.92 Å². The van der Waals surface area contributed by atoms with Crippen LogP contribution in [-0.2, 0) is 31.9 Å². The van der Waals surface area contributed by atoms with Crippen LogP contribution in [0.2, 0.25) is 0 Å². The second kappa shape index (κ2) is 6.67. The maximum atomic E-state index is 10.7. The van der Waals surface area contributed by atoms with E-state index in [1.807, 2.05) is 0 Å². The molecule has 0 aromatic carbocycles. The number of aliphatic hydroxyl groups is 4. The average molecular weight is 418 g/mol. The van der Waals surface area contributed by atoms with Gasteiger partial charge in [0.1, 0.15) is 24.4 Å². The summed E-state index contributed by atoms with van der Waals surface area (Å²) >= 11 is 0. The van der Waals surface area contributed by atoms with Crippen LogP contribution < -0.4 is 5.32 Å². The molecule has 1 aliphatic rings. The average Bonchev–Trinajstić information content (AvgIpc) is 2.18. The van der Waals surface area contributed by atoms with Crippen molar-refractivity contribution >= 4 is 5.91 Å². The first kappa shape index (κ1) is 16.0. The molecule has 5 atom stereocenters. The molecule has 1 saturated heterocycles. The molecule has 0 aromatic heterocycles. The molecule has 1 amide bonds. The Hall–Kier alpha value is 0.0103. The predicted molar refractivity (Wildman–Crippen MR) is 47.6 cm³/mol. The molecule has 1 radical (unpaired) electrons. The van der Waals surface area contributed by atoms with E-state index in [4.69, 9.17) is 9.84 Å². The summed E-state index contributed by atoms with van der Waals surface area (Å²) < 4.78 is 4.81. The Balaban J connectivity index is 0.00000225. The summed E-state index contributed by atoms with van der Waals surface area (Å²) in [6, 6.07) is -1.10. The fourth-order valence-corrected chi connectivity index (χ4v) is 1.49. The van der Waals surface area contributed by atoms with Crippen LogP contribution in [0, 0.1) is 0 Å². The molecule has 1 aliphatic heterocycles. The van der Waals surface area contributed by atoms with Crippen molar-refractivity contribution in [2.24, 2.45) is 0 Å². The molecular formula is C8H15AuNO6. The summed E-state index contributed by atoms with van der Waals surface area (Å²) in [5, 5.41) is 39.4. The van der Waals surface area contributed by atoms with E-state index in [0.717, 1.165) is 0 Å². The number of carbonyl (C=O) groups excluding carboxylic acids is 1. The van der Waals surface area contributed by atoms with Crippen LogP contribution in [0.5, 0.6) is 0 Å². The number of hydrogen-bond acceptors (Lipinski definition) is 6. The normalized spacial score (nSPS) is 38.7. The fourth-order valence-electron chi connectivity index (χ4n) is 1.49. The van der Waals surface area contributed by atoms with Crippen LogP contribution in [0.15, 0.2) is 0 Å². The first-order valence-electron chi connectivity index (χ1n) is 4.55. The molecule has 5 N–H and O–H groups in total. The van der Waals surface area contributed by atoms with Crippen LogP contribution in [0.4, 0.5) is 0 Å². The molecule has 16 heavy (non-hydrogen) atoms. The fraction of sp³-hybridized carbons (Fsp3) is 0.875. The van der Waals surface area contributed by atoms with Crippen molar-refractivity contribution < 1.29 is 52.3 Å². The summed E-state index contributed by atoms with van der Waals surface area (Å²) in [6.45, 7) is 0.687. The number of nitrogens with one attached hydrogen (secondary N) is 1. The van der Waals surface area contributed by atoms with E-state index in [9.17, 15) is 20.1 Å². The third-order valence-corrected chi connectivity index (χ3v) is 2.27. The second-order valence-corrected chi connectivity index (χ2v) is 3.46. The Labute approximate surface area is 108 Å². The second-order valence-electron chi connectivity index (χ2n) is 3.46. The minimum absolute atomic E-state index is 0. The molecule has 1 fully saturated rings. The Morgan fingerprint density at radius 3 is 2.31 bits per heavy atom. The maximum absolute atomic E-state index is 10.7. The van der Waals surface area contributed by atoms with Crippen molar-refractivity contribution in [3.8, 4) is 0 Å². The zero-order valence-electron chi connectivity index (χ0n) is 8.50. The Morgan fingerprint density at radius 2 is 1.88 bits per heavy atom. The van der Waals surface area contributed by atoms with E-state index >= 15 is 0 Å². The zero-order valence-corrected chi connectivity index (χ0v) is 10.7. The Kier molecular flexibility index (Phi) is 6.68. The van der Waals surface area contributed by atoms with Gasteiger partial charge in [-0.05, 0) is 0 Å². The summed E-state index contributed by atoms with van der Waals surface area (Å²) in [5.41, 5.74) is 0. The Morgan fingerprint density at radius 1 is 1.31 bits per heavy atom. The smallest absolute Gasteiger partial charge is 0.217 e. The third kappa shape index (κ3) is 3.51. The molecule has 7 nitrogen and oxygen atoms in total. The van der Waals surface area contributed by atoms with Gasteiger partial charge in [0.25, 0.3) is 0 Å². The van der Waals surface area contributed by atoms with Crippen LogP contribution in [0.3, 0.4) is 0 Å². The topological polar surface area (TPSA) is 119 Å². The largest absolute Gasteiger partial charge is 0.394 e. The summed E-state index contributed by atoms with van der Waals surface area (Å²) in [5.74, 6) is -0.462. The van der Waals surface area contributed by atoms with Gasteiger partial charge >= 0.3 is 0 Å². The summed E-state index contributed by atoms with van der Waals surface area (Å²) in [7, 11) is 0. The molecule has 0 saturated carbocycles. The molecule has 1 rings (SSSR count). The molecule has 1 heterocycles. The summed E-state index contributed by atoms with van der Waals surface area (Å²) in [6.07, 6.45) is -5.24. The minimum atomic E-state index is -1.45. The van der Waals surface area contributed by atoms with Crippen molar-refractivity contribution in [3.63, 3.8) is 0 Å². The third-order valence-electron chi connectivity index (χ3n) is 2.27. The van der Waals surface area contributed by atoms with Gasteiger partial charge in [0.2, 0.25) is 5.91 Å². The zero-order chi connectivity index (χ0) is 11.6. The van der Waals surface area contributed by atoms with Crippen LogP contribution >= 0.6 is 0 Å². The first-order chi connectivity index (χ1) is 6.97. The van der Waals surface area contributed by atoms with Crippen LogP contribution in [0.1, 0.15) is 6.92 Å². The van der Waals surface area contributed by atoms with E-state index in [-0.39, 0.29) is 22.4 Å². The number of carbonyl (C=O) groups is 1. The first-order valence-corrected chi connectivity index (χ1v) is 4.55. The van der Waals surface area contributed by atoms with Crippen molar-refractivity contribution in [3.05, 3.63) is 0 Å². The van der Waals surface area contributed by atoms with E-state index in [0.29, 0.717) is 0 Å². The number of aliphatic hydroxyl groups excluding tert-OH is 4. The van der Waals surface area contributed by atoms with Gasteiger partial charge in [0.15, 0.2) is 6.29 Å². The molecule has 0 bridgehead atoms. The predicted octanol–water partition coefficient (Wildman–Crippen LogP) is -3.08. The molecular weight excluding hydrogens is 403 g/mol. The standard InChI is InChI=1S/C8H15NO6.Au/c1-3(11)9-5-7(13)6(12)4(2-10)15-8(5)14;/h4-8,10,12-14H,2H2,1H3,(H,9,11);/t4-,5-,6-,7-,8?;/m1./s1. The SMILES string of the molecule is CC(=O)N[C@H]1C(O)O[C@H](CO)[C@@H](O)[C@@H]1O.[Au]. The van der Waals surface area contributed by atoms with Gasteiger partial charge in [-0.1, -0.05) is 0 Å². The van der Waals surface area contributed by atoms with Crippen molar-refractivity contribution in [2.45, 2.75) is 37.6 Å². The minimum Gasteiger partial charge on any atom is -0.394 e. The van der Waals surface area contributed by atoms with Crippen molar-refractivity contribution in [1.29, 1.82) is 0 Å². The van der Waals surface area contributed by atoms with Crippen LogP contribution in [0.25, 0.3) is 0 Å². The molecule has 99 valence electrons. The maximum Gasteiger partial charge on any atom is 0.217 e. The van der Waals surface area contributed by atoms with Gasteiger partial charge in [-0.25, -0.2) is 0 Å². The van der Waals surface area contributed by atoms with Crippen LogP contribution in [-0.4, -0.2) is 63.6 Å². The Bertz CT molecular complexity index is 241. The van der Waals surface area contributed by atoms with Gasteiger partial charge in [-0.3, -0.25) is 4.79 Å². The van der Waals surface area contributed by atoms with Gasteiger partial charge in [0, 0.05) is 29.3 Å². The van der Waals surface area contributed by atoms with Gasteiger partial charge < -0.3 is 30.5 Å². The van der Waals surface area contributed by atoms with Crippen molar-refractivity contribution in [2.75, 3.05) is 6.61 Å². The molecule has 0 spiro atoms. The van der Waals surface area contributed by atoms with Gasteiger partial charge in [-0.15, -0.1) is 0 Å². The van der Waals surface area contributed by atoms with Gasteiger partial charge in [-0.2, -0.15) is 0 Å². The molecule has 0 aliphatic carbocycles. The molecule has 0 aromatic rings. The number of ether oxygens (including phenoxy) is 1. The van der Waals surface area contributed by atoms with E-state index < -0.39 is 43.2 Å². The van der Waals surface area contributed by atoms with E-state index in [2.05, 4.69) is 5.32 Å². The number of hydrogen-bond donors (Lipinski definition) is 5. The number of rotatable bonds is 2.